The van der Waals surface area contributed by atoms with Crippen molar-refractivity contribution in [2.24, 2.45) is 5.73 Å². The highest BCUT2D eigenvalue weighted by atomic mass is 32.2. The zero-order valence-electron chi connectivity index (χ0n) is 10.0. The number of nitrogens with two attached hydrogens (primary N) is 1. The summed E-state index contributed by atoms with van der Waals surface area (Å²) in [5.74, 6) is -3.35. The van der Waals surface area contributed by atoms with Crippen molar-refractivity contribution in [3.8, 4) is 0 Å². The van der Waals surface area contributed by atoms with E-state index in [1.807, 2.05) is 5.32 Å². The molecular formula is C11H11F5N2OS. The normalized spacial score (nSPS) is 13.1. The molecule has 0 bridgehead atoms. The van der Waals surface area contributed by atoms with Crippen LogP contribution in [0.25, 0.3) is 0 Å². The number of carbonyl (C=O) groups excluding carboxylic acids is 1. The van der Waals surface area contributed by atoms with E-state index >= 15 is 0 Å². The topological polar surface area (TPSA) is 55.1 Å². The highest BCUT2D eigenvalue weighted by molar-refractivity contribution is 8.00. The molecule has 112 valence electrons. The number of benzene rings is 1. The minimum Gasteiger partial charge on any atom is -0.320 e. The van der Waals surface area contributed by atoms with Gasteiger partial charge in [0.2, 0.25) is 5.91 Å². The average molecular weight is 314 g/mol. The summed E-state index contributed by atoms with van der Waals surface area (Å²) in [5, 5.41) is 1.92. The third kappa shape index (κ3) is 5.33. The van der Waals surface area contributed by atoms with Gasteiger partial charge in [-0.25, -0.2) is 8.78 Å². The van der Waals surface area contributed by atoms with E-state index in [1.54, 1.807) is 0 Å². The van der Waals surface area contributed by atoms with Crippen molar-refractivity contribution in [1.82, 2.24) is 0 Å². The molecule has 0 saturated heterocycles. The molecule has 3 nitrogen and oxygen atoms in total. The number of carbonyl (C=O) groups is 1. The molecule has 1 aromatic rings. The molecule has 0 fully saturated rings. The first-order chi connectivity index (χ1) is 9.20. The third-order valence-corrected chi connectivity index (χ3v) is 3.01. The first-order valence-electron chi connectivity index (χ1n) is 5.42. The third-order valence-electron chi connectivity index (χ3n) is 2.24. The Kier molecular flexibility index (Phi) is 5.75. The van der Waals surface area contributed by atoms with Crippen LogP contribution in [0, 0.1) is 11.6 Å². The molecule has 1 amide bonds. The van der Waals surface area contributed by atoms with Crippen LogP contribution in [-0.4, -0.2) is 23.2 Å². The second kappa shape index (κ2) is 6.89. The van der Waals surface area contributed by atoms with E-state index < -0.39 is 40.5 Å². The van der Waals surface area contributed by atoms with Crippen LogP contribution in [0.5, 0.6) is 0 Å². The number of halogens is 5. The Bertz CT molecular complexity index is 460. The van der Waals surface area contributed by atoms with Gasteiger partial charge in [-0.15, -0.1) is 0 Å². The molecule has 3 N–H and O–H groups in total. The Labute approximate surface area is 115 Å². The molecular weight excluding hydrogens is 303 g/mol. The predicted molar refractivity (Wildman–Crippen MR) is 66.1 cm³/mol. The smallest absolute Gasteiger partial charge is 0.320 e. The van der Waals surface area contributed by atoms with Crippen molar-refractivity contribution in [1.29, 1.82) is 0 Å². The fraction of sp³-hybridized carbons (Fsp3) is 0.364. The van der Waals surface area contributed by atoms with E-state index in [-0.39, 0.29) is 18.2 Å². The lowest BCUT2D eigenvalue weighted by molar-refractivity contribution is -0.117. The molecule has 0 aliphatic rings. The lowest BCUT2D eigenvalue weighted by Gasteiger charge is -2.13. The Morgan fingerprint density at radius 2 is 1.85 bits per heavy atom. The van der Waals surface area contributed by atoms with Gasteiger partial charge in [0.05, 0.1) is 6.04 Å². The van der Waals surface area contributed by atoms with Gasteiger partial charge in [0.25, 0.3) is 0 Å². The van der Waals surface area contributed by atoms with Gasteiger partial charge in [-0.1, -0.05) is 17.8 Å². The van der Waals surface area contributed by atoms with E-state index in [0.717, 1.165) is 18.2 Å². The van der Waals surface area contributed by atoms with Crippen molar-refractivity contribution in [3.05, 3.63) is 29.8 Å². The number of thioether (sulfide) groups is 1. The van der Waals surface area contributed by atoms with Crippen LogP contribution in [0.3, 0.4) is 0 Å². The summed E-state index contributed by atoms with van der Waals surface area (Å²) in [4.78, 5) is 11.5. The fourth-order valence-electron chi connectivity index (χ4n) is 1.27. The van der Waals surface area contributed by atoms with Gasteiger partial charge >= 0.3 is 5.51 Å². The number of nitrogens with one attached hydrogen (secondary N) is 1. The molecule has 9 heteroatoms. The Balaban J connectivity index is 2.54. The zero-order chi connectivity index (χ0) is 15.3. The summed E-state index contributed by atoms with van der Waals surface area (Å²) in [6, 6.07) is 1.69. The maximum atomic E-state index is 13.2. The second-order valence-electron chi connectivity index (χ2n) is 3.78. The van der Waals surface area contributed by atoms with Crippen LogP contribution in [0.15, 0.2) is 18.2 Å². The molecule has 0 aliphatic heterocycles. The summed E-state index contributed by atoms with van der Waals surface area (Å²) in [7, 11) is 0. The monoisotopic (exact) mass is 314 g/mol. The molecule has 0 radical (unpaired) electrons. The first-order valence-corrected chi connectivity index (χ1v) is 6.40. The molecule has 1 rings (SSSR count). The summed E-state index contributed by atoms with van der Waals surface area (Å²) >= 11 is -0.316. The van der Waals surface area contributed by atoms with E-state index in [4.69, 9.17) is 5.73 Å². The van der Waals surface area contributed by atoms with Gasteiger partial charge in [-0.2, -0.15) is 13.2 Å². The zero-order valence-corrected chi connectivity index (χ0v) is 10.8. The van der Waals surface area contributed by atoms with Gasteiger partial charge in [0.15, 0.2) is 0 Å². The largest absolute Gasteiger partial charge is 0.441 e. The van der Waals surface area contributed by atoms with Crippen molar-refractivity contribution in [3.63, 3.8) is 0 Å². The van der Waals surface area contributed by atoms with Crippen LogP contribution in [0.1, 0.15) is 6.42 Å². The Hall–Kier alpha value is -1.35. The number of amides is 1. The van der Waals surface area contributed by atoms with Crippen molar-refractivity contribution in [2.45, 2.75) is 18.0 Å². The summed E-state index contributed by atoms with van der Waals surface area (Å²) in [6.45, 7) is 0. The van der Waals surface area contributed by atoms with Crippen LogP contribution >= 0.6 is 11.8 Å². The number of alkyl halides is 3. The van der Waals surface area contributed by atoms with Gasteiger partial charge in [0, 0.05) is 5.75 Å². The molecule has 0 aromatic heterocycles. The van der Waals surface area contributed by atoms with Gasteiger partial charge in [-0.05, 0) is 18.6 Å². The van der Waals surface area contributed by atoms with E-state index in [9.17, 15) is 26.7 Å². The van der Waals surface area contributed by atoms with Crippen molar-refractivity contribution >= 4 is 23.4 Å². The highest BCUT2D eigenvalue weighted by Gasteiger charge is 2.28. The van der Waals surface area contributed by atoms with Gasteiger partial charge in [-0.3, -0.25) is 4.79 Å². The second-order valence-corrected chi connectivity index (χ2v) is 4.94. The number of hydrogen-bond donors (Lipinski definition) is 2. The fourth-order valence-corrected chi connectivity index (χ4v) is 1.87. The molecule has 0 spiro atoms. The van der Waals surface area contributed by atoms with E-state index in [0.29, 0.717) is 0 Å². The van der Waals surface area contributed by atoms with Crippen LogP contribution in [0.4, 0.5) is 27.6 Å². The van der Waals surface area contributed by atoms with E-state index in [1.165, 1.54) is 0 Å². The van der Waals surface area contributed by atoms with Gasteiger partial charge in [0.1, 0.15) is 17.3 Å². The predicted octanol–water partition coefficient (Wildman–Crippen LogP) is 2.87. The maximum absolute atomic E-state index is 13.2. The minimum atomic E-state index is -4.41. The Morgan fingerprint density at radius 3 is 2.35 bits per heavy atom. The average Bonchev–Trinajstić information content (AvgIpc) is 2.32. The Morgan fingerprint density at radius 1 is 1.30 bits per heavy atom. The molecule has 20 heavy (non-hydrogen) atoms. The number of hydrogen-bond acceptors (Lipinski definition) is 3. The lowest BCUT2D eigenvalue weighted by Crippen LogP contribution is -2.36. The number of rotatable bonds is 5. The molecule has 1 aromatic carbocycles. The van der Waals surface area contributed by atoms with Gasteiger partial charge < -0.3 is 11.1 Å². The highest BCUT2D eigenvalue weighted by Crippen LogP contribution is 2.30. The van der Waals surface area contributed by atoms with Crippen LogP contribution in [0.2, 0.25) is 0 Å². The maximum Gasteiger partial charge on any atom is 0.441 e. The SMILES string of the molecule is N[C@@H](CCSC(F)(F)F)C(=O)Nc1c(F)cccc1F. The molecule has 0 aliphatic carbocycles. The summed E-state index contributed by atoms with van der Waals surface area (Å²) in [5.41, 5.74) is 0.278. The number of para-hydroxylation sites is 1. The molecule has 0 heterocycles. The van der Waals surface area contributed by atoms with Crippen LogP contribution < -0.4 is 11.1 Å². The quantitative estimate of drug-likeness (QED) is 0.822. The number of anilines is 1. The van der Waals surface area contributed by atoms with E-state index in [2.05, 4.69) is 0 Å². The lowest BCUT2D eigenvalue weighted by atomic mass is 10.2. The van der Waals surface area contributed by atoms with Crippen LogP contribution in [-0.2, 0) is 4.79 Å². The molecule has 0 unspecified atom stereocenters. The molecule has 0 saturated carbocycles. The van der Waals surface area contributed by atoms with Crippen molar-refractivity contribution in [2.75, 3.05) is 11.1 Å². The van der Waals surface area contributed by atoms with Crippen molar-refractivity contribution < 1.29 is 26.7 Å². The molecule has 1 atom stereocenters. The summed E-state index contributed by atoms with van der Waals surface area (Å²) in [6.07, 6.45) is -0.272. The standard InChI is InChI=1S/C11H11F5N2OS/c12-6-2-1-3-7(13)9(6)18-10(19)8(17)4-5-20-11(14,15)16/h1-3,8H,4-5,17H2,(H,18,19)/t8-/m0/s1. The first kappa shape index (κ1) is 16.7. The summed E-state index contributed by atoms with van der Waals surface area (Å²) < 4.78 is 62.1. The minimum absolute atomic E-state index is 0.272.